The summed E-state index contributed by atoms with van der Waals surface area (Å²) in [5.41, 5.74) is 4.22. The van der Waals surface area contributed by atoms with Crippen molar-refractivity contribution in [1.29, 1.82) is 0 Å². The van der Waals surface area contributed by atoms with Crippen molar-refractivity contribution >= 4 is 23.4 Å². The average Bonchev–Trinajstić information content (AvgIpc) is 2.86. The molecule has 0 aliphatic rings. The molecule has 3 aromatic carbocycles. The molecule has 1 N–H and O–H groups in total. The van der Waals surface area contributed by atoms with Gasteiger partial charge in [0.1, 0.15) is 6.04 Å². The van der Waals surface area contributed by atoms with Crippen molar-refractivity contribution in [2.45, 2.75) is 58.5 Å². The fourth-order valence-corrected chi connectivity index (χ4v) is 4.32. The summed E-state index contributed by atoms with van der Waals surface area (Å²) in [6.07, 6.45) is 1.37. The van der Waals surface area contributed by atoms with Crippen molar-refractivity contribution in [3.63, 3.8) is 0 Å². The summed E-state index contributed by atoms with van der Waals surface area (Å²) in [7, 11) is 0. The third-order valence-electron chi connectivity index (χ3n) is 6.19. The van der Waals surface area contributed by atoms with Gasteiger partial charge in [0.05, 0.1) is 0 Å². The van der Waals surface area contributed by atoms with Crippen molar-refractivity contribution in [3.05, 3.63) is 106 Å². The molecule has 0 radical (unpaired) electrons. The average molecular weight is 491 g/mol. The molecule has 0 heterocycles. The smallest absolute Gasteiger partial charge is 0.243 e. The van der Waals surface area contributed by atoms with Crippen LogP contribution in [0, 0.1) is 0 Å². The summed E-state index contributed by atoms with van der Waals surface area (Å²) in [5.74, 6) is 0.246. The molecular weight excluding hydrogens is 456 g/mol. The Bertz CT molecular complexity index is 1100. The zero-order valence-corrected chi connectivity index (χ0v) is 21.6. The van der Waals surface area contributed by atoms with Gasteiger partial charge in [-0.1, -0.05) is 98.2 Å². The minimum Gasteiger partial charge on any atom is -0.355 e. The molecule has 0 aliphatic carbocycles. The largest absolute Gasteiger partial charge is 0.355 e. The summed E-state index contributed by atoms with van der Waals surface area (Å²) in [6, 6.07) is 25.1. The molecule has 3 aromatic rings. The lowest BCUT2D eigenvalue weighted by Gasteiger charge is -2.32. The van der Waals surface area contributed by atoms with Crippen LogP contribution in [0.5, 0.6) is 0 Å². The molecule has 0 bridgehead atoms. The van der Waals surface area contributed by atoms with Gasteiger partial charge in [0.2, 0.25) is 11.8 Å². The van der Waals surface area contributed by atoms with Gasteiger partial charge in [-0.05, 0) is 47.6 Å². The lowest BCUT2D eigenvalue weighted by atomic mass is 9.99. The number of amides is 2. The van der Waals surface area contributed by atoms with Crippen molar-refractivity contribution in [3.8, 4) is 0 Å². The summed E-state index contributed by atoms with van der Waals surface area (Å²) < 4.78 is 0. The molecule has 0 aliphatic heterocycles. The maximum Gasteiger partial charge on any atom is 0.243 e. The molecule has 35 heavy (non-hydrogen) atoms. The van der Waals surface area contributed by atoms with Crippen LogP contribution in [0.3, 0.4) is 0 Å². The number of aryl methyl sites for hydroxylation is 1. The second-order valence-corrected chi connectivity index (χ2v) is 9.52. The monoisotopic (exact) mass is 490 g/mol. The number of benzene rings is 3. The fraction of sp³-hybridized carbons (Fsp3) is 0.333. The first kappa shape index (κ1) is 26.5. The van der Waals surface area contributed by atoms with Gasteiger partial charge in [-0.15, -0.1) is 0 Å². The molecule has 1 atom stereocenters. The van der Waals surface area contributed by atoms with Gasteiger partial charge in [-0.25, -0.2) is 0 Å². The van der Waals surface area contributed by atoms with E-state index in [0.29, 0.717) is 36.7 Å². The third kappa shape index (κ3) is 7.69. The SMILES string of the molecule is CCNC(=O)[C@@H](Cc1ccccc1)N(Cc1ccccc1Cl)C(=O)CCc1ccc(C(C)C)cc1. The second kappa shape index (κ2) is 13.1. The minimum absolute atomic E-state index is 0.0648. The molecule has 0 aromatic heterocycles. The van der Waals surface area contributed by atoms with Crippen LogP contribution >= 0.6 is 11.6 Å². The lowest BCUT2D eigenvalue weighted by Crippen LogP contribution is -2.50. The first-order valence-electron chi connectivity index (χ1n) is 12.3. The summed E-state index contributed by atoms with van der Waals surface area (Å²) in [4.78, 5) is 28.6. The molecule has 0 fully saturated rings. The van der Waals surface area contributed by atoms with E-state index < -0.39 is 6.04 Å². The molecule has 3 rings (SSSR count). The lowest BCUT2D eigenvalue weighted by molar-refractivity contribution is -0.141. The van der Waals surface area contributed by atoms with E-state index in [1.54, 1.807) is 4.90 Å². The minimum atomic E-state index is -0.635. The van der Waals surface area contributed by atoms with Crippen molar-refractivity contribution < 1.29 is 9.59 Å². The number of rotatable bonds is 11. The number of hydrogen-bond donors (Lipinski definition) is 1. The molecule has 0 spiro atoms. The second-order valence-electron chi connectivity index (χ2n) is 9.11. The number of carbonyl (C=O) groups is 2. The Hall–Kier alpha value is -3.11. The topological polar surface area (TPSA) is 49.4 Å². The number of likely N-dealkylation sites (N-methyl/N-ethyl adjacent to an activating group) is 1. The van der Waals surface area contributed by atoms with E-state index in [1.807, 2.05) is 61.5 Å². The predicted octanol–water partition coefficient (Wildman–Crippen LogP) is 6.17. The molecule has 2 amide bonds. The van der Waals surface area contributed by atoms with E-state index >= 15 is 0 Å². The van der Waals surface area contributed by atoms with Crippen LogP contribution in [0.15, 0.2) is 78.9 Å². The molecule has 4 nitrogen and oxygen atoms in total. The highest BCUT2D eigenvalue weighted by molar-refractivity contribution is 6.31. The standard InChI is InChI=1S/C30H35ClN2O2/c1-4-32-30(35)28(20-24-10-6-5-7-11-24)33(21-26-12-8-9-13-27(26)31)29(34)19-16-23-14-17-25(18-15-23)22(2)3/h5-15,17-18,22,28H,4,16,19-21H2,1-3H3,(H,32,35)/t28-/m1/s1. The van der Waals surface area contributed by atoms with Crippen molar-refractivity contribution in [2.24, 2.45) is 0 Å². The molecule has 0 saturated carbocycles. The van der Waals surface area contributed by atoms with Crippen molar-refractivity contribution in [1.82, 2.24) is 10.2 Å². The molecule has 0 unspecified atom stereocenters. The van der Waals surface area contributed by atoms with Crippen LogP contribution in [0.1, 0.15) is 55.4 Å². The molecule has 0 saturated heterocycles. The molecular formula is C30H35ClN2O2. The van der Waals surface area contributed by atoms with Gasteiger partial charge in [0, 0.05) is 31.0 Å². The summed E-state index contributed by atoms with van der Waals surface area (Å²) in [6.45, 7) is 7.00. The highest BCUT2D eigenvalue weighted by Gasteiger charge is 2.30. The quantitative estimate of drug-likeness (QED) is 0.349. The number of carbonyl (C=O) groups excluding carboxylic acids is 2. The van der Waals surface area contributed by atoms with Crippen LogP contribution in [-0.2, 0) is 29.0 Å². The maximum absolute atomic E-state index is 13.7. The van der Waals surface area contributed by atoms with Gasteiger partial charge in [0.15, 0.2) is 0 Å². The van der Waals surface area contributed by atoms with Gasteiger partial charge < -0.3 is 10.2 Å². The number of hydrogen-bond acceptors (Lipinski definition) is 2. The van der Waals surface area contributed by atoms with Gasteiger partial charge >= 0.3 is 0 Å². The van der Waals surface area contributed by atoms with Gasteiger partial charge in [-0.3, -0.25) is 9.59 Å². The first-order chi connectivity index (χ1) is 16.9. The van der Waals surface area contributed by atoms with Crippen LogP contribution in [0.25, 0.3) is 0 Å². The predicted molar refractivity (Wildman–Crippen MR) is 143 cm³/mol. The highest BCUT2D eigenvalue weighted by Crippen LogP contribution is 2.22. The Balaban J connectivity index is 1.87. The number of halogens is 1. The van der Waals surface area contributed by atoms with E-state index in [2.05, 4.69) is 43.4 Å². The maximum atomic E-state index is 13.7. The Kier molecular flexibility index (Phi) is 9.92. The van der Waals surface area contributed by atoms with Crippen LogP contribution in [0.2, 0.25) is 5.02 Å². The van der Waals surface area contributed by atoms with Crippen LogP contribution in [-0.4, -0.2) is 29.3 Å². The first-order valence-corrected chi connectivity index (χ1v) is 12.7. The van der Waals surface area contributed by atoms with E-state index in [4.69, 9.17) is 11.6 Å². The summed E-state index contributed by atoms with van der Waals surface area (Å²) >= 11 is 6.45. The summed E-state index contributed by atoms with van der Waals surface area (Å²) in [5, 5.41) is 3.51. The van der Waals surface area contributed by atoms with E-state index in [0.717, 1.165) is 16.7 Å². The van der Waals surface area contributed by atoms with Crippen LogP contribution in [0.4, 0.5) is 0 Å². The Morgan fingerprint density at radius 3 is 2.17 bits per heavy atom. The van der Waals surface area contributed by atoms with E-state index in [1.165, 1.54) is 5.56 Å². The fourth-order valence-electron chi connectivity index (χ4n) is 4.12. The zero-order valence-electron chi connectivity index (χ0n) is 20.8. The Morgan fingerprint density at radius 2 is 1.54 bits per heavy atom. The van der Waals surface area contributed by atoms with Crippen molar-refractivity contribution in [2.75, 3.05) is 6.54 Å². The zero-order chi connectivity index (χ0) is 25.2. The van der Waals surface area contributed by atoms with E-state index in [9.17, 15) is 9.59 Å². The third-order valence-corrected chi connectivity index (χ3v) is 6.56. The Labute approximate surface area is 214 Å². The molecule has 5 heteroatoms. The Morgan fingerprint density at radius 1 is 0.886 bits per heavy atom. The molecule has 184 valence electrons. The van der Waals surface area contributed by atoms with E-state index in [-0.39, 0.29) is 18.4 Å². The normalized spacial score (nSPS) is 11.8. The van der Waals surface area contributed by atoms with Crippen LogP contribution < -0.4 is 5.32 Å². The highest BCUT2D eigenvalue weighted by atomic mass is 35.5. The number of nitrogens with zero attached hydrogens (tertiary/aromatic N) is 1. The van der Waals surface area contributed by atoms with Gasteiger partial charge in [0.25, 0.3) is 0 Å². The number of nitrogens with one attached hydrogen (secondary N) is 1. The van der Waals surface area contributed by atoms with Gasteiger partial charge in [-0.2, -0.15) is 0 Å².